The molecule has 0 bridgehead atoms. The van der Waals surface area contributed by atoms with Gasteiger partial charge in [-0.2, -0.15) is 0 Å². The Morgan fingerprint density at radius 1 is 1.38 bits per heavy atom. The van der Waals surface area contributed by atoms with Crippen LogP contribution in [0.2, 0.25) is 0 Å². The van der Waals surface area contributed by atoms with Crippen LogP contribution in [0.3, 0.4) is 0 Å². The van der Waals surface area contributed by atoms with Crippen molar-refractivity contribution >= 4 is 10.0 Å². The second kappa shape index (κ2) is 7.06. The third kappa shape index (κ3) is 4.30. The highest BCUT2D eigenvalue weighted by Crippen LogP contribution is 2.21. The van der Waals surface area contributed by atoms with Gasteiger partial charge in [0, 0.05) is 13.1 Å². The van der Waals surface area contributed by atoms with Crippen molar-refractivity contribution < 1.29 is 13.2 Å². The highest BCUT2D eigenvalue weighted by molar-refractivity contribution is 7.89. The first-order valence-corrected chi connectivity index (χ1v) is 8.54. The Morgan fingerprint density at radius 2 is 2.19 bits per heavy atom. The number of hydrogen-bond donors (Lipinski definition) is 2. The summed E-state index contributed by atoms with van der Waals surface area (Å²) in [5.74, 6) is 0.689. The van der Waals surface area contributed by atoms with E-state index in [1.54, 1.807) is 25.3 Å². The molecule has 1 aromatic carbocycles. The van der Waals surface area contributed by atoms with Crippen molar-refractivity contribution in [3.63, 3.8) is 0 Å². The minimum atomic E-state index is -3.46. The molecule has 2 rings (SSSR count). The number of aryl methyl sites for hydroxylation is 1. The number of ether oxygens (including phenoxy) is 1. The monoisotopic (exact) mass is 310 g/mol. The average molecular weight is 310 g/mol. The van der Waals surface area contributed by atoms with E-state index in [0.29, 0.717) is 12.3 Å². The topological polar surface area (TPSA) is 67.4 Å². The summed E-state index contributed by atoms with van der Waals surface area (Å²) >= 11 is 0. The third-order valence-corrected chi connectivity index (χ3v) is 5.03. The fourth-order valence-corrected chi connectivity index (χ4v) is 3.46. The van der Waals surface area contributed by atoms with E-state index < -0.39 is 10.0 Å². The maximum atomic E-state index is 12.2. The first kappa shape index (κ1) is 16.0. The summed E-state index contributed by atoms with van der Waals surface area (Å²) in [6, 6.07) is 4.88. The Labute approximate surface area is 126 Å². The zero-order chi connectivity index (χ0) is 15.3. The van der Waals surface area contributed by atoms with Crippen molar-refractivity contribution in [2.45, 2.75) is 24.7 Å². The van der Waals surface area contributed by atoms with Gasteiger partial charge in [0.25, 0.3) is 0 Å². The number of rotatable bonds is 6. The van der Waals surface area contributed by atoms with Gasteiger partial charge in [-0.3, -0.25) is 0 Å². The fourth-order valence-electron chi connectivity index (χ4n) is 2.34. The molecule has 1 aromatic rings. The van der Waals surface area contributed by atoms with Gasteiger partial charge in [-0.25, -0.2) is 13.1 Å². The van der Waals surface area contributed by atoms with Crippen LogP contribution in [0.25, 0.3) is 0 Å². The lowest BCUT2D eigenvalue weighted by molar-refractivity contribution is 0.411. The molecule has 5 nitrogen and oxygen atoms in total. The predicted molar refractivity (Wildman–Crippen MR) is 83.1 cm³/mol. The summed E-state index contributed by atoms with van der Waals surface area (Å²) in [7, 11) is -1.89. The summed E-state index contributed by atoms with van der Waals surface area (Å²) in [6.45, 7) is 4.10. The van der Waals surface area contributed by atoms with Gasteiger partial charge in [0.05, 0.1) is 12.0 Å². The molecule has 0 saturated carbocycles. The van der Waals surface area contributed by atoms with Crippen molar-refractivity contribution in [2.24, 2.45) is 0 Å². The lowest BCUT2D eigenvalue weighted by Crippen LogP contribution is -2.27. The van der Waals surface area contributed by atoms with Crippen LogP contribution in [-0.4, -0.2) is 35.2 Å². The first-order valence-electron chi connectivity index (χ1n) is 7.06. The summed E-state index contributed by atoms with van der Waals surface area (Å²) in [5.41, 5.74) is 2.11. The van der Waals surface area contributed by atoms with E-state index in [-0.39, 0.29) is 4.90 Å². The molecule has 2 N–H and O–H groups in total. The molecule has 1 heterocycles. The summed E-state index contributed by atoms with van der Waals surface area (Å²) < 4.78 is 32.3. The molecule has 0 atom stereocenters. The molecule has 0 saturated heterocycles. The number of nitrogens with one attached hydrogen (secondary N) is 2. The van der Waals surface area contributed by atoms with Crippen molar-refractivity contribution in [2.75, 3.05) is 26.7 Å². The molecular weight excluding hydrogens is 288 g/mol. The average Bonchev–Trinajstić information content (AvgIpc) is 2.48. The van der Waals surface area contributed by atoms with Gasteiger partial charge in [-0.1, -0.05) is 11.6 Å². The Bertz CT molecular complexity index is 624. The van der Waals surface area contributed by atoms with Crippen LogP contribution in [-0.2, 0) is 10.0 Å². The predicted octanol–water partition coefficient (Wildman–Crippen LogP) is 1.59. The van der Waals surface area contributed by atoms with Crippen molar-refractivity contribution in [3.05, 3.63) is 35.4 Å². The highest BCUT2D eigenvalue weighted by Gasteiger charge is 2.15. The molecule has 0 unspecified atom stereocenters. The number of hydrogen-bond acceptors (Lipinski definition) is 4. The molecule has 0 aromatic heterocycles. The van der Waals surface area contributed by atoms with E-state index in [1.807, 2.05) is 6.92 Å². The van der Waals surface area contributed by atoms with Crippen molar-refractivity contribution in [3.8, 4) is 5.75 Å². The third-order valence-electron chi connectivity index (χ3n) is 3.57. The quantitative estimate of drug-likeness (QED) is 0.783. The van der Waals surface area contributed by atoms with Crippen molar-refractivity contribution in [1.82, 2.24) is 10.0 Å². The van der Waals surface area contributed by atoms with Gasteiger partial charge in [-0.05, 0) is 50.1 Å². The van der Waals surface area contributed by atoms with Gasteiger partial charge < -0.3 is 10.1 Å². The second-order valence-corrected chi connectivity index (χ2v) is 6.86. The summed E-state index contributed by atoms with van der Waals surface area (Å²) in [5, 5.41) is 3.24. The molecule has 1 aliphatic rings. The van der Waals surface area contributed by atoms with E-state index >= 15 is 0 Å². The molecular formula is C15H22N2O3S. The SMILES string of the molecule is COc1ccc(S(=O)(=O)NCCC2=CCNCC2)cc1C. The Balaban J connectivity index is 1.98. The smallest absolute Gasteiger partial charge is 0.240 e. The zero-order valence-corrected chi connectivity index (χ0v) is 13.3. The van der Waals surface area contributed by atoms with E-state index in [2.05, 4.69) is 16.1 Å². The van der Waals surface area contributed by atoms with Crippen LogP contribution in [0.1, 0.15) is 18.4 Å². The van der Waals surface area contributed by atoms with Crippen LogP contribution < -0.4 is 14.8 Å². The molecule has 6 heteroatoms. The Kier molecular flexibility index (Phi) is 5.39. The van der Waals surface area contributed by atoms with Crippen molar-refractivity contribution in [1.29, 1.82) is 0 Å². The maximum absolute atomic E-state index is 12.2. The van der Waals surface area contributed by atoms with Gasteiger partial charge in [0.2, 0.25) is 10.0 Å². The Hall–Kier alpha value is -1.37. The van der Waals surface area contributed by atoms with Crippen LogP contribution >= 0.6 is 0 Å². The van der Waals surface area contributed by atoms with E-state index in [9.17, 15) is 8.42 Å². The van der Waals surface area contributed by atoms with E-state index in [0.717, 1.165) is 31.5 Å². The van der Waals surface area contributed by atoms with Crippen LogP contribution in [0.15, 0.2) is 34.7 Å². The molecule has 0 radical (unpaired) electrons. The second-order valence-electron chi connectivity index (χ2n) is 5.10. The number of benzene rings is 1. The zero-order valence-electron chi connectivity index (χ0n) is 12.5. The first-order chi connectivity index (χ1) is 10.0. The number of methoxy groups -OCH3 is 1. The normalized spacial score (nSPS) is 15.6. The molecule has 116 valence electrons. The molecule has 0 fully saturated rings. The molecule has 0 amide bonds. The van der Waals surface area contributed by atoms with Crippen LogP contribution in [0.4, 0.5) is 0 Å². The van der Waals surface area contributed by atoms with E-state index in [4.69, 9.17) is 4.74 Å². The summed E-state index contributed by atoms with van der Waals surface area (Å²) in [4.78, 5) is 0.278. The van der Waals surface area contributed by atoms with Gasteiger partial charge in [-0.15, -0.1) is 0 Å². The Morgan fingerprint density at radius 3 is 2.81 bits per heavy atom. The highest BCUT2D eigenvalue weighted by atomic mass is 32.2. The van der Waals surface area contributed by atoms with Gasteiger partial charge in [0.15, 0.2) is 0 Å². The van der Waals surface area contributed by atoms with Crippen LogP contribution in [0.5, 0.6) is 5.75 Å². The lowest BCUT2D eigenvalue weighted by Gasteiger charge is -2.14. The minimum Gasteiger partial charge on any atom is -0.496 e. The molecule has 1 aliphatic heterocycles. The molecule has 0 aliphatic carbocycles. The van der Waals surface area contributed by atoms with Crippen LogP contribution in [0, 0.1) is 6.92 Å². The molecule has 0 spiro atoms. The van der Waals surface area contributed by atoms with E-state index in [1.165, 1.54) is 5.57 Å². The fraction of sp³-hybridized carbons (Fsp3) is 0.467. The largest absolute Gasteiger partial charge is 0.496 e. The van der Waals surface area contributed by atoms with Gasteiger partial charge >= 0.3 is 0 Å². The standard InChI is InChI=1S/C15H22N2O3S/c1-12-11-14(3-4-15(12)20-2)21(18,19)17-10-7-13-5-8-16-9-6-13/h3-5,11,16-17H,6-10H2,1-2H3. The summed E-state index contributed by atoms with van der Waals surface area (Å²) in [6.07, 6.45) is 3.88. The maximum Gasteiger partial charge on any atom is 0.240 e. The lowest BCUT2D eigenvalue weighted by atomic mass is 10.1. The minimum absolute atomic E-state index is 0.278. The molecule has 21 heavy (non-hydrogen) atoms. The van der Waals surface area contributed by atoms with Gasteiger partial charge in [0.1, 0.15) is 5.75 Å². The number of sulfonamides is 1.